The first kappa shape index (κ1) is 22.1. The van der Waals surface area contributed by atoms with E-state index in [4.69, 9.17) is 25.8 Å². The van der Waals surface area contributed by atoms with Gasteiger partial charge in [0.15, 0.2) is 0 Å². The summed E-state index contributed by atoms with van der Waals surface area (Å²) < 4.78 is 17.0. The van der Waals surface area contributed by atoms with Crippen molar-refractivity contribution in [2.24, 2.45) is 0 Å². The average Bonchev–Trinajstić information content (AvgIpc) is 2.74. The number of hydrogen-bond acceptors (Lipinski definition) is 5. The lowest BCUT2D eigenvalue weighted by Crippen LogP contribution is -2.62. The predicted molar refractivity (Wildman–Crippen MR) is 113 cm³/mol. The van der Waals surface area contributed by atoms with Crippen molar-refractivity contribution in [3.63, 3.8) is 0 Å². The van der Waals surface area contributed by atoms with Crippen molar-refractivity contribution in [3.05, 3.63) is 47.5 Å². The Balaban J connectivity index is 1.69. The van der Waals surface area contributed by atoms with Crippen LogP contribution >= 0.6 is 11.6 Å². The number of halogens is 1. The Labute approximate surface area is 178 Å². The van der Waals surface area contributed by atoms with Gasteiger partial charge in [-0.25, -0.2) is 4.79 Å². The van der Waals surface area contributed by atoms with Crippen LogP contribution in [-0.4, -0.2) is 80.1 Å². The van der Waals surface area contributed by atoms with Gasteiger partial charge < -0.3 is 19.1 Å². The lowest BCUT2D eigenvalue weighted by Gasteiger charge is -2.48. The number of nitrogens with zero attached hydrogens (tertiary/aromatic N) is 2. The van der Waals surface area contributed by atoms with Crippen molar-refractivity contribution >= 4 is 17.7 Å². The fourth-order valence-electron chi connectivity index (χ4n) is 4.25. The van der Waals surface area contributed by atoms with Gasteiger partial charge >= 0.3 is 6.09 Å². The van der Waals surface area contributed by atoms with Gasteiger partial charge in [-0.3, -0.25) is 4.90 Å². The largest absolute Gasteiger partial charge is 0.445 e. The van der Waals surface area contributed by atoms with Crippen molar-refractivity contribution in [1.29, 1.82) is 0 Å². The molecule has 1 amide bonds. The summed E-state index contributed by atoms with van der Waals surface area (Å²) >= 11 is 6.03. The van der Waals surface area contributed by atoms with Crippen LogP contribution in [0.3, 0.4) is 0 Å². The zero-order valence-electron chi connectivity index (χ0n) is 17.3. The minimum atomic E-state index is -0.307. The Morgan fingerprint density at radius 3 is 2.79 bits per heavy atom. The number of carbonyl (C=O) groups excluding carboxylic acids is 1. The molecule has 0 aliphatic carbocycles. The van der Waals surface area contributed by atoms with Crippen LogP contribution in [-0.2, 0) is 20.6 Å². The van der Waals surface area contributed by atoms with Gasteiger partial charge in [-0.2, -0.15) is 0 Å². The highest BCUT2D eigenvalue weighted by atomic mass is 35.5. The lowest BCUT2D eigenvalue weighted by molar-refractivity contribution is -0.112. The van der Waals surface area contributed by atoms with Gasteiger partial charge in [-0.1, -0.05) is 36.4 Å². The Morgan fingerprint density at radius 1 is 1.34 bits per heavy atom. The van der Waals surface area contributed by atoms with Gasteiger partial charge in [-0.05, 0) is 37.5 Å². The number of likely N-dealkylation sites (tertiary alicyclic amines) is 1. The highest BCUT2D eigenvalue weighted by molar-refractivity contribution is 6.30. The van der Waals surface area contributed by atoms with Crippen LogP contribution in [0.2, 0.25) is 5.02 Å². The molecule has 0 N–H and O–H groups in total. The molecule has 0 radical (unpaired) electrons. The summed E-state index contributed by atoms with van der Waals surface area (Å²) in [6.07, 6.45) is 3.10. The number of hydrogen-bond donors (Lipinski definition) is 0. The van der Waals surface area contributed by atoms with Gasteiger partial charge in [0, 0.05) is 37.3 Å². The van der Waals surface area contributed by atoms with E-state index in [2.05, 4.69) is 30.5 Å². The maximum atomic E-state index is 12.2. The molecule has 0 bridgehead atoms. The van der Waals surface area contributed by atoms with E-state index in [1.54, 1.807) is 18.1 Å². The van der Waals surface area contributed by atoms with E-state index in [9.17, 15) is 4.79 Å². The van der Waals surface area contributed by atoms with E-state index in [0.29, 0.717) is 19.7 Å². The van der Waals surface area contributed by atoms with Crippen molar-refractivity contribution in [1.82, 2.24) is 9.80 Å². The quantitative estimate of drug-likeness (QED) is 0.658. The highest BCUT2D eigenvalue weighted by Crippen LogP contribution is 2.27. The Kier molecular flexibility index (Phi) is 7.95. The number of benzene rings is 1. The monoisotopic (exact) mass is 422 g/mol. The molecule has 0 aromatic heterocycles. The van der Waals surface area contributed by atoms with Crippen LogP contribution in [0.25, 0.3) is 0 Å². The molecule has 0 saturated carbocycles. The second-order valence-corrected chi connectivity index (χ2v) is 8.20. The van der Waals surface area contributed by atoms with Crippen LogP contribution in [0, 0.1) is 0 Å². The molecular weight excluding hydrogens is 392 g/mol. The summed E-state index contributed by atoms with van der Waals surface area (Å²) in [6, 6.07) is 8.49. The summed E-state index contributed by atoms with van der Waals surface area (Å²) in [6.45, 7) is 8.63. The highest BCUT2D eigenvalue weighted by Gasteiger charge is 2.40. The maximum absolute atomic E-state index is 12.2. The molecule has 1 aromatic carbocycles. The summed E-state index contributed by atoms with van der Waals surface area (Å²) in [5.74, 6) is 0. The SMILES string of the molecule is C=CCOC(=O)N1CCC(N2C[C@H](C)OCC2Cc2ccc(Cl)cc2)[C@H](OC)C1. The van der Waals surface area contributed by atoms with Gasteiger partial charge in [0.05, 0.1) is 25.4 Å². The van der Waals surface area contributed by atoms with Gasteiger partial charge in [0.25, 0.3) is 0 Å². The van der Waals surface area contributed by atoms with E-state index in [0.717, 1.165) is 24.4 Å². The summed E-state index contributed by atoms with van der Waals surface area (Å²) in [7, 11) is 1.72. The number of morpholine rings is 1. The number of rotatable bonds is 6. The van der Waals surface area contributed by atoms with E-state index in [1.165, 1.54) is 5.56 Å². The molecule has 2 unspecified atom stereocenters. The molecule has 2 heterocycles. The minimum Gasteiger partial charge on any atom is -0.445 e. The van der Waals surface area contributed by atoms with Crippen molar-refractivity contribution in [2.45, 2.75) is 44.1 Å². The number of ether oxygens (including phenoxy) is 3. The fourth-order valence-corrected chi connectivity index (χ4v) is 4.37. The number of piperidine rings is 1. The summed E-state index contributed by atoms with van der Waals surface area (Å²) in [5, 5.41) is 0.745. The topological polar surface area (TPSA) is 51.2 Å². The molecule has 2 fully saturated rings. The maximum Gasteiger partial charge on any atom is 0.410 e. The molecule has 1 aromatic rings. The van der Waals surface area contributed by atoms with Crippen LogP contribution in [0.5, 0.6) is 0 Å². The molecule has 3 rings (SSSR count). The van der Waals surface area contributed by atoms with E-state index >= 15 is 0 Å². The first-order chi connectivity index (χ1) is 14.0. The fraction of sp³-hybridized carbons (Fsp3) is 0.591. The Morgan fingerprint density at radius 2 is 2.10 bits per heavy atom. The molecule has 6 nitrogen and oxygen atoms in total. The molecule has 2 aliphatic rings. The Hall–Kier alpha value is -1.60. The van der Waals surface area contributed by atoms with E-state index in [-0.39, 0.29) is 37.0 Å². The minimum absolute atomic E-state index is 0.0713. The third-order valence-corrected chi connectivity index (χ3v) is 5.98. The molecule has 7 heteroatoms. The van der Waals surface area contributed by atoms with Crippen LogP contribution < -0.4 is 0 Å². The molecule has 0 spiro atoms. The number of amides is 1. The van der Waals surface area contributed by atoms with Crippen molar-refractivity contribution in [2.75, 3.05) is 40.0 Å². The molecule has 2 saturated heterocycles. The van der Waals surface area contributed by atoms with Crippen molar-refractivity contribution < 1.29 is 19.0 Å². The van der Waals surface area contributed by atoms with Crippen molar-refractivity contribution in [3.8, 4) is 0 Å². The Bertz CT molecular complexity index is 684. The van der Waals surface area contributed by atoms with Crippen LogP contribution in [0.1, 0.15) is 18.9 Å². The number of carbonyl (C=O) groups is 1. The molecular formula is C22H31ClN2O4. The number of methoxy groups -OCH3 is 1. The second kappa shape index (κ2) is 10.4. The van der Waals surface area contributed by atoms with E-state index in [1.807, 2.05) is 12.1 Å². The zero-order chi connectivity index (χ0) is 20.8. The lowest BCUT2D eigenvalue weighted by atomic mass is 9.94. The van der Waals surface area contributed by atoms with E-state index < -0.39 is 0 Å². The van der Waals surface area contributed by atoms with Gasteiger partial charge in [0.2, 0.25) is 0 Å². The van der Waals surface area contributed by atoms with Crippen LogP contribution in [0.4, 0.5) is 4.79 Å². The third kappa shape index (κ3) is 5.72. The second-order valence-electron chi connectivity index (χ2n) is 7.77. The summed E-state index contributed by atoms with van der Waals surface area (Å²) in [4.78, 5) is 16.5. The molecule has 29 heavy (non-hydrogen) atoms. The normalized spacial score (nSPS) is 28.2. The van der Waals surface area contributed by atoms with Gasteiger partial charge in [0.1, 0.15) is 6.61 Å². The molecule has 160 valence electrons. The first-order valence-electron chi connectivity index (χ1n) is 10.2. The smallest absolute Gasteiger partial charge is 0.410 e. The summed E-state index contributed by atoms with van der Waals surface area (Å²) in [5.41, 5.74) is 1.24. The average molecular weight is 423 g/mol. The molecule has 2 aliphatic heterocycles. The standard InChI is InChI=1S/C22H31ClN2O4/c1-4-11-28-22(26)24-10-9-20(21(14-24)27-3)25-13-16(2)29-15-19(25)12-17-5-7-18(23)8-6-17/h4-8,16,19-21H,1,9-15H2,2-3H3/t16-,19?,20?,21+/m0/s1. The third-order valence-electron chi connectivity index (χ3n) is 5.73. The van der Waals surface area contributed by atoms with Crippen LogP contribution in [0.15, 0.2) is 36.9 Å². The first-order valence-corrected chi connectivity index (χ1v) is 10.6. The van der Waals surface area contributed by atoms with Gasteiger partial charge in [-0.15, -0.1) is 0 Å². The zero-order valence-corrected chi connectivity index (χ0v) is 18.0. The molecule has 4 atom stereocenters. The predicted octanol–water partition coefficient (Wildman–Crippen LogP) is 3.38.